The molecule has 0 saturated carbocycles. The van der Waals surface area contributed by atoms with Crippen molar-refractivity contribution in [3.05, 3.63) is 18.2 Å². The summed E-state index contributed by atoms with van der Waals surface area (Å²) in [6.07, 6.45) is 0.750. The minimum Gasteiger partial charge on any atom is -0.508 e. The number of amides is 1. The van der Waals surface area contributed by atoms with Gasteiger partial charge in [0.1, 0.15) is 5.75 Å². The smallest absolute Gasteiger partial charge is 0.209 e. The molecule has 17 heavy (non-hydrogen) atoms. The highest BCUT2D eigenvalue weighted by atomic mass is 32.1. The summed E-state index contributed by atoms with van der Waals surface area (Å²) in [5.41, 5.74) is 0.919. The van der Waals surface area contributed by atoms with Crippen molar-refractivity contribution in [3.8, 4) is 5.75 Å². The van der Waals surface area contributed by atoms with E-state index >= 15 is 0 Å². The predicted octanol–water partition coefficient (Wildman–Crippen LogP) is 1.75. The summed E-state index contributed by atoms with van der Waals surface area (Å²) in [5.74, 6) is 0.286. The molecular weight excluding hydrogens is 238 g/mol. The third-order valence-electron chi connectivity index (χ3n) is 1.80. The van der Waals surface area contributed by atoms with E-state index in [1.165, 1.54) is 16.2 Å². The van der Waals surface area contributed by atoms with E-state index in [0.29, 0.717) is 0 Å². The number of anilines is 1. The fourth-order valence-electron chi connectivity index (χ4n) is 1.02. The average Bonchev–Trinajstić information content (AvgIpc) is 2.71. The van der Waals surface area contributed by atoms with Crippen LogP contribution in [0.2, 0.25) is 0 Å². The van der Waals surface area contributed by atoms with Gasteiger partial charge >= 0.3 is 0 Å². The van der Waals surface area contributed by atoms with Gasteiger partial charge in [-0.15, -0.1) is 0 Å². The summed E-state index contributed by atoms with van der Waals surface area (Å²) in [4.78, 5) is 15.1. The van der Waals surface area contributed by atoms with Gasteiger partial charge in [0.25, 0.3) is 0 Å². The van der Waals surface area contributed by atoms with E-state index in [-0.39, 0.29) is 5.75 Å². The van der Waals surface area contributed by atoms with Crippen molar-refractivity contribution >= 4 is 33.1 Å². The number of aromatic nitrogens is 1. The number of carbonyl (C=O) groups excluding carboxylic acids is 1. The Kier molecular flexibility index (Phi) is 4.71. The number of aromatic hydroxyl groups is 1. The van der Waals surface area contributed by atoms with E-state index in [9.17, 15) is 9.90 Å². The molecule has 0 aliphatic heterocycles. The lowest BCUT2D eigenvalue weighted by Crippen LogP contribution is -2.06. The van der Waals surface area contributed by atoms with Gasteiger partial charge in [-0.05, 0) is 18.2 Å². The minimum atomic E-state index is 0.286. The van der Waals surface area contributed by atoms with E-state index in [2.05, 4.69) is 10.3 Å². The zero-order valence-electron chi connectivity index (χ0n) is 9.97. The number of carbonyl (C=O) groups is 1. The van der Waals surface area contributed by atoms with Crippen LogP contribution >= 0.6 is 11.3 Å². The molecule has 0 aliphatic rings. The number of hydrogen-bond donors (Lipinski definition) is 2. The van der Waals surface area contributed by atoms with E-state index in [1.54, 1.807) is 26.2 Å². The van der Waals surface area contributed by atoms with Gasteiger partial charge in [-0.3, -0.25) is 4.79 Å². The van der Waals surface area contributed by atoms with Crippen LogP contribution in [-0.4, -0.2) is 42.5 Å². The number of nitrogens with zero attached hydrogens (tertiary/aromatic N) is 2. The maximum atomic E-state index is 9.43. The summed E-state index contributed by atoms with van der Waals surface area (Å²) in [5, 5.41) is 13.0. The first-order valence-electron chi connectivity index (χ1n) is 4.96. The molecule has 2 rings (SSSR count). The van der Waals surface area contributed by atoms with Gasteiger partial charge in [-0.1, -0.05) is 11.3 Å². The molecule has 0 atom stereocenters. The summed E-state index contributed by atoms with van der Waals surface area (Å²) < 4.78 is 0.999. The second-order valence-electron chi connectivity index (χ2n) is 3.49. The third-order valence-corrected chi connectivity index (χ3v) is 2.83. The van der Waals surface area contributed by atoms with Crippen LogP contribution in [0.1, 0.15) is 0 Å². The fourth-order valence-corrected chi connectivity index (χ4v) is 1.87. The lowest BCUT2D eigenvalue weighted by Gasteiger charge is -1.93. The largest absolute Gasteiger partial charge is 0.508 e. The molecule has 0 bridgehead atoms. The van der Waals surface area contributed by atoms with Gasteiger partial charge in [0.05, 0.1) is 10.2 Å². The normalized spacial score (nSPS) is 9.35. The number of thiazole rings is 1. The first-order valence-corrected chi connectivity index (χ1v) is 5.77. The summed E-state index contributed by atoms with van der Waals surface area (Å²) in [6, 6.07) is 5.16. The van der Waals surface area contributed by atoms with Gasteiger partial charge in [0.15, 0.2) is 5.13 Å². The fraction of sp³-hybridized carbons (Fsp3) is 0.273. The van der Waals surface area contributed by atoms with Crippen LogP contribution in [0.3, 0.4) is 0 Å². The maximum Gasteiger partial charge on any atom is 0.209 e. The van der Waals surface area contributed by atoms with E-state index in [4.69, 9.17) is 0 Å². The van der Waals surface area contributed by atoms with Crippen LogP contribution in [0, 0.1) is 0 Å². The van der Waals surface area contributed by atoms with Crippen molar-refractivity contribution < 1.29 is 9.90 Å². The minimum absolute atomic E-state index is 0.286. The monoisotopic (exact) mass is 253 g/mol. The first kappa shape index (κ1) is 13.2. The molecule has 1 heterocycles. The van der Waals surface area contributed by atoms with Crippen LogP contribution < -0.4 is 5.32 Å². The summed E-state index contributed by atoms with van der Waals surface area (Å²) in [7, 11) is 5.21. The molecule has 5 nitrogen and oxygen atoms in total. The maximum absolute atomic E-state index is 9.43. The van der Waals surface area contributed by atoms with E-state index < -0.39 is 0 Å². The Morgan fingerprint density at radius 1 is 1.47 bits per heavy atom. The predicted molar refractivity (Wildman–Crippen MR) is 70.6 cm³/mol. The van der Waals surface area contributed by atoms with Crippen molar-refractivity contribution in [3.63, 3.8) is 0 Å². The number of rotatable bonds is 2. The molecule has 6 heteroatoms. The van der Waals surface area contributed by atoms with Crippen molar-refractivity contribution in [1.29, 1.82) is 0 Å². The number of phenols is 1. The molecule has 2 N–H and O–H groups in total. The summed E-state index contributed by atoms with van der Waals surface area (Å²) in [6.45, 7) is 0. The summed E-state index contributed by atoms with van der Waals surface area (Å²) >= 11 is 1.53. The number of phenolic OH excluding ortho intramolecular Hbond substituents is 1. The van der Waals surface area contributed by atoms with Crippen LogP contribution in [0.15, 0.2) is 18.2 Å². The van der Waals surface area contributed by atoms with Gasteiger partial charge in [0.2, 0.25) is 6.41 Å². The van der Waals surface area contributed by atoms with E-state index in [0.717, 1.165) is 21.8 Å². The number of benzene rings is 1. The number of fused-ring (bicyclic) bond motifs is 1. The molecule has 0 aliphatic carbocycles. The molecule has 0 unspecified atom stereocenters. The van der Waals surface area contributed by atoms with Gasteiger partial charge in [-0.25, -0.2) is 4.98 Å². The quantitative estimate of drug-likeness (QED) is 0.800. The van der Waals surface area contributed by atoms with Gasteiger partial charge < -0.3 is 15.3 Å². The van der Waals surface area contributed by atoms with Crippen LogP contribution in [0.25, 0.3) is 10.2 Å². The van der Waals surface area contributed by atoms with Crippen LogP contribution in [-0.2, 0) is 4.79 Å². The molecule has 0 spiro atoms. The highest BCUT2D eigenvalue weighted by Gasteiger charge is 2.01. The first-order chi connectivity index (χ1) is 8.06. The van der Waals surface area contributed by atoms with Gasteiger partial charge in [0, 0.05) is 21.1 Å². The number of nitrogens with one attached hydrogen (secondary N) is 1. The van der Waals surface area contributed by atoms with Gasteiger partial charge in [-0.2, -0.15) is 0 Å². The lowest BCUT2D eigenvalue weighted by atomic mass is 10.3. The molecule has 0 radical (unpaired) electrons. The van der Waals surface area contributed by atoms with Crippen LogP contribution in [0.4, 0.5) is 5.13 Å². The lowest BCUT2D eigenvalue weighted by molar-refractivity contribution is -0.115. The Labute approximate surface area is 104 Å². The van der Waals surface area contributed by atoms with Crippen molar-refractivity contribution in [1.82, 2.24) is 9.88 Å². The molecule has 1 aromatic heterocycles. The van der Waals surface area contributed by atoms with E-state index in [1.807, 2.05) is 13.1 Å². The average molecular weight is 253 g/mol. The molecule has 1 aromatic carbocycles. The molecule has 92 valence electrons. The molecule has 1 amide bonds. The Bertz CT molecular complexity index is 496. The Morgan fingerprint density at radius 3 is 2.65 bits per heavy atom. The zero-order chi connectivity index (χ0) is 12.8. The molecular formula is C11H15N3O2S. The Morgan fingerprint density at radius 2 is 2.12 bits per heavy atom. The van der Waals surface area contributed by atoms with Crippen LogP contribution in [0.5, 0.6) is 5.75 Å². The van der Waals surface area contributed by atoms with Crippen molar-refractivity contribution in [2.45, 2.75) is 0 Å². The molecule has 2 aromatic rings. The third kappa shape index (κ3) is 3.92. The SMILES string of the molecule is CN(C)C=O.CNc1nc2ccc(O)cc2s1. The topological polar surface area (TPSA) is 65.5 Å². The Balaban J connectivity index is 0.000000249. The zero-order valence-corrected chi connectivity index (χ0v) is 10.8. The molecule has 0 fully saturated rings. The highest BCUT2D eigenvalue weighted by Crippen LogP contribution is 2.28. The standard InChI is InChI=1S/C8H8N2OS.C3H7NO/c1-9-8-10-6-3-2-5(11)4-7(6)12-8;1-4(2)3-5/h2-4,11H,1H3,(H,9,10);3H,1-2H3. The second kappa shape index (κ2) is 6.05. The second-order valence-corrected chi connectivity index (χ2v) is 4.52. The Hall–Kier alpha value is -1.82. The van der Waals surface area contributed by atoms with Crippen molar-refractivity contribution in [2.75, 3.05) is 26.5 Å². The number of hydrogen-bond acceptors (Lipinski definition) is 5. The highest BCUT2D eigenvalue weighted by molar-refractivity contribution is 7.22. The van der Waals surface area contributed by atoms with Crippen molar-refractivity contribution in [2.24, 2.45) is 0 Å². The molecule has 0 saturated heterocycles.